The van der Waals surface area contributed by atoms with Crippen molar-refractivity contribution in [3.8, 4) is 5.69 Å². The number of benzene rings is 1. The summed E-state index contributed by atoms with van der Waals surface area (Å²) in [6, 6.07) is 6.06. The molecule has 0 aliphatic carbocycles. The summed E-state index contributed by atoms with van der Waals surface area (Å²) in [5, 5.41) is 17.9. The maximum absolute atomic E-state index is 11.3. The summed E-state index contributed by atoms with van der Waals surface area (Å²) in [7, 11) is 0. The van der Waals surface area contributed by atoms with Crippen LogP contribution in [-0.2, 0) is 4.79 Å². The molecule has 0 bridgehead atoms. The average molecular weight is 234 g/mol. The molecular weight excluding hydrogens is 224 g/mol. The second kappa shape index (κ2) is 4.26. The number of aromatic amines is 1. The second-order valence-electron chi connectivity index (χ2n) is 3.47. The largest absolute Gasteiger partial charge is 0.479 e. The van der Waals surface area contributed by atoms with Crippen molar-refractivity contribution in [2.24, 2.45) is 0 Å². The zero-order valence-corrected chi connectivity index (χ0v) is 8.70. The number of hydrogen-bond donors (Lipinski definition) is 3. The number of imidazole rings is 1. The summed E-state index contributed by atoms with van der Waals surface area (Å²) in [5.41, 5.74) is 0.582. The first kappa shape index (κ1) is 11.2. The average Bonchev–Trinajstić information content (AvgIpc) is 2.74. The Morgan fingerprint density at radius 3 is 2.41 bits per heavy atom. The number of nitrogens with one attached hydrogen (secondary N) is 1. The molecule has 0 amide bonds. The van der Waals surface area contributed by atoms with Crippen LogP contribution in [0.1, 0.15) is 11.7 Å². The van der Waals surface area contributed by atoms with Crippen LogP contribution in [0, 0.1) is 0 Å². The van der Waals surface area contributed by atoms with E-state index in [0.717, 1.165) is 0 Å². The van der Waals surface area contributed by atoms with Gasteiger partial charge in [0.05, 0.1) is 5.69 Å². The number of aliphatic hydroxyl groups excluding tert-OH is 1. The number of aromatic nitrogens is 2. The number of aliphatic carboxylic acids is 1. The first-order valence-corrected chi connectivity index (χ1v) is 4.87. The van der Waals surface area contributed by atoms with Crippen molar-refractivity contribution in [1.82, 2.24) is 9.55 Å². The Hall–Kier alpha value is -2.34. The lowest BCUT2D eigenvalue weighted by Crippen LogP contribution is -2.14. The lowest BCUT2D eigenvalue weighted by molar-refractivity contribution is -0.146. The molecular formula is C11H10N2O4. The third-order valence-corrected chi connectivity index (χ3v) is 2.37. The highest BCUT2D eigenvalue weighted by Gasteiger charge is 2.15. The molecule has 2 aromatic rings. The van der Waals surface area contributed by atoms with E-state index in [0.29, 0.717) is 5.69 Å². The number of carboxylic acid groups (broad SMARTS) is 1. The van der Waals surface area contributed by atoms with E-state index >= 15 is 0 Å². The maximum atomic E-state index is 11.3. The Morgan fingerprint density at radius 1 is 1.29 bits per heavy atom. The summed E-state index contributed by atoms with van der Waals surface area (Å²) in [4.78, 5) is 24.4. The first-order chi connectivity index (χ1) is 8.09. The number of aliphatic hydroxyl groups is 1. The molecule has 1 heterocycles. The molecule has 0 fully saturated rings. The predicted octanol–water partition coefficient (Wildman–Crippen LogP) is 0.284. The van der Waals surface area contributed by atoms with E-state index in [1.807, 2.05) is 0 Å². The Bertz CT molecular complexity index is 582. The number of hydrogen-bond acceptors (Lipinski definition) is 3. The van der Waals surface area contributed by atoms with Crippen molar-refractivity contribution >= 4 is 5.97 Å². The summed E-state index contributed by atoms with van der Waals surface area (Å²) < 4.78 is 1.37. The molecule has 1 aromatic carbocycles. The molecule has 0 aliphatic heterocycles. The summed E-state index contributed by atoms with van der Waals surface area (Å²) in [5.74, 6) is -1.31. The van der Waals surface area contributed by atoms with Gasteiger partial charge in [0.2, 0.25) is 0 Å². The van der Waals surface area contributed by atoms with Crippen LogP contribution in [0.4, 0.5) is 0 Å². The molecule has 0 saturated heterocycles. The van der Waals surface area contributed by atoms with E-state index in [4.69, 9.17) is 5.11 Å². The van der Waals surface area contributed by atoms with Crippen LogP contribution in [0.5, 0.6) is 0 Å². The molecule has 1 atom stereocenters. The lowest BCUT2D eigenvalue weighted by Gasteiger charge is -2.07. The normalized spacial score (nSPS) is 12.3. The van der Waals surface area contributed by atoms with Crippen LogP contribution in [-0.4, -0.2) is 25.7 Å². The van der Waals surface area contributed by atoms with Crippen molar-refractivity contribution in [3.63, 3.8) is 0 Å². The Balaban J connectivity index is 2.34. The fourth-order valence-corrected chi connectivity index (χ4v) is 1.48. The molecule has 88 valence electrons. The quantitative estimate of drug-likeness (QED) is 0.711. The minimum Gasteiger partial charge on any atom is -0.479 e. The van der Waals surface area contributed by atoms with Gasteiger partial charge in [-0.2, -0.15) is 0 Å². The second-order valence-corrected chi connectivity index (χ2v) is 3.47. The van der Waals surface area contributed by atoms with Gasteiger partial charge in [-0.05, 0) is 17.7 Å². The molecule has 0 saturated carbocycles. The zero-order chi connectivity index (χ0) is 12.4. The third-order valence-electron chi connectivity index (χ3n) is 2.37. The molecule has 1 unspecified atom stereocenters. The third kappa shape index (κ3) is 2.11. The van der Waals surface area contributed by atoms with Gasteiger partial charge in [0.1, 0.15) is 0 Å². The van der Waals surface area contributed by atoms with Gasteiger partial charge in [0.25, 0.3) is 0 Å². The van der Waals surface area contributed by atoms with Crippen LogP contribution in [0.2, 0.25) is 0 Å². The fraction of sp³-hybridized carbons (Fsp3) is 0.0909. The van der Waals surface area contributed by atoms with E-state index in [1.54, 1.807) is 18.3 Å². The van der Waals surface area contributed by atoms with Crippen molar-refractivity contribution in [2.45, 2.75) is 6.10 Å². The van der Waals surface area contributed by atoms with Gasteiger partial charge < -0.3 is 15.2 Å². The smallest absolute Gasteiger partial charge is 0.337 e. The van der Waals surface area contributed by atoms with E-state index in [9.17, 15) is 14.7 Å². The number of carbonyl (C=O) groups is 1. The minimum atomic E-state index is -1.55. The van der Waals surface area contributed by atoms with E-state index in [-0.39, 0.29) is 11.3 Å². The zero-order valence-electron chi connectivity index (χ0n) is 8.70. The van der Waals surface area contributed by atoms with E-state index < -0.39 is 12.1 Å². The van der Waals surface area contributed by atoms with Crippen LogP contribution in [0.15, 0.2) is 41.5 Å². The Morgan fingerprint density at radius 2 is 1.94 bits per heavy atom. The van der Waals surface area contributed by atoms with Gasteiger partial charge in [-0.3, -0.25) is 4.57 Å². The highest BCUT2D eigenvalue weighted by atomic mass is 16.4. The SMILES string of the molecule is O=C(O)C(O)c1ccc(-n2cc[nH]c2=O)cc1. The lowest BCUT2D eigenvalue weighted by atomic mass is 10.1. The van der Waals surface area contributed by atoms with Gasteiger partial charge >= 0.3 is 11.7 Å². The summed E-state index contributed by atoms with van der Waals surface area (Å²) in [6.07, 6.45) is 1.51. The van der Waals surface area contributed by atoms with E-state index in [2.05, 4.69) is 4.98 Å². The van der Waals surface area contributed by atoms with Crippen LogP contribution >= 0.6 is 0 Å². The van der Waals surface area contributed by atoms with Gasteiger partial charge in [-0.15, -0.1) is 0 Å². The predicted molar refractivity (Wildman–Crippen MR) is 59.0 cm³/mol. The van der Waals surface area contributed by atoms with Gasteiger partial charge in [0.15, 0.2) is 6.10 Å². The van der Waals surface area contributed by atoms with Crippen LogP contribution < -0.4 is 5.69 Å². The van der Waals surface area contributed by atoms with Crippen molar-refractivity contribution in [2.75, 3.05) is 0 Å². The minimum absolute atomic E-state index is 0.268. The van der Waals surface area contributed by atoms with Crippen molar-refractivity contribution < 1.29 is 15.0 Å². The van der Waals surface area contributed by atoms with Crippen molar-refractivity contribution in [3.05, 3.63) is 52.7 Å². The number of rotatable bonds is 3. The number of carboxylic acids is 1. The van der Waals surface area contributed by atoms with Crippen molar-refractivity contribution in [1.29, 1.82) is 0 Å². The molecule has 1 aromatic heterocycles. The Kier molecular flexibility index (Phi) is 2.80. The summed E-state index contributed by atoms with van der Waals surface area (Å²) >= 11 is 0. The fourth-order valence-electron chi connectivity index (χ4n) is 1.48. The Labute approximate surface area is 95.8 Å². The highest BCUT2D eigenvalue weighted by molar-refractivity contribution is 5.74. The number of H-pyrrole nitrogens is 1. The monoisotopic (exact) mass is 234 g/mol. The molecule has 3 N–H and O–H groups in total. The topological polar surface area (TPSA) is 95.3 Å². The standard InChI is InChI=1S/C11H10N2O4/c14-9(10(15)16)7-1-3-8(4-2-7)13-6-5-12-11(13)17/h1-6,9,14H,(H,12,17)(H,15,16). The van der Waals surface area contributed by atoms with Crippen LogP contribution in [0.25, 0.3) is 5.69 Å². The molecule has 6 heteroatoms. The molecule has 0 aliphatic rings. The maximum Gasteiger partial charge on any atom is 0.337 e. The first-order valence-electron chi connectivity index (χ1n) is 4.87. The molecule has 0 spiro atoms. The molecule has 0 radical (unpaired) electrons. The van der Waals surface area contributed by atoms with E-state index in [1.165, 1.54) is 22.9 Å². The molecule has 17 heavy (non-hydrogen) atoms. The highest BCUT2D eigenvalue weighted by Crippen LogP contribution is 2.15. The van der Waals surface area contributed by atoms with Gasteiger partial charge in [-0.25, -0.2) is 9.59 Å². The number of nitrogens with zero attached hydrogens (tertiary/aromatic N) is 1. The molecule has 2 rings (SSSR count). The summed E-state index contributed by atoms with van der Waals surface area (Å²) in [6.45, 7) is 0. The van der Waals surface area contributed by atoms with Gasteiger partial charge in [0, 0.05) is 12.4 Å². The molecule has 6 nitrogen and oxygen atoms in total. The van der Waals surface area contributed by atoms with Gasteiger partial charge in [-0.1, -0.05) is 12.1 Å². The van der Waals surface area contributed by atoms with Crippen LogP contribution in [0.3, 0.4) is 0 Å².